The number of hydrogen-bond acceptors (Lipinski definition) is 4. The third kappa shape index (κ3) is 4.34. The van der Waals surface area contributed by atoms with Crippen LogP contribution in [0.25, 0.3) is 0 Å². The summed E-state index contributed by atoms with van der Waals surface area (Å²) in [6.07, 6.45) is 3.68. The Morgan fingerprint density at radius 3 is 2.65 bits per heavy atom. The highest BCUT2D eigenvalue weighted by molar-refractivity contribution is 6.06. The molecule has 0 unspecified atom stereocenters. The molecule has 0 amide bonds. The van der Waals surface area contributed by atoms with E-state index in [0.717, 1.165) is 12.8 Å². The Balaban J connectivity index is 2.54. The average Bonchev–Trinajstić information content (AvgIpc) is 2.36. The van der Waals surface area contributed by atoms with Crippen LogP contribution in [-0.2, 0) is 4.79 Å². The van der Waals surface area contributed by atoms with Crippen LogP contribution in [0, 0.1) is 0 Å². The summed E-state index contributed by atoms with van der Waals surface area (Å²) in [5.74, 6) is 0.349. The molecule has 0 aliphatic rings. The Bertz CT molecular complexity index is 384. The van der Waals surface area contributed by atoms with Gasteiger partial charge in [-0.2, -0.15) is 0 Å². The number of ether oxygens (including phenoxy) is 1. The summed E-state index contributed by atoms with van der Waals surface area (Å²) in [5.41, 5.74) is 0.315. The molecule has 0 spiro atoms. The van der Waals surface area contributed by atoms with Crippen molar-refractivity contribution in [3.8, 4) is 5.75 Å². The quantitative estimate of drug-likeness (QED) is 0.538. The maximum Gasteiger partial charge on any atom is 0.188 e. The molecule has 1 heterocycles. The second kappa shape index (κ2) is 6.78. The zero-order chi connectivity index (χ0) is 12.7. The van der Waals surface area contributed by atoms with Crippen LogP contribution in [0.3, 0.4) is 0 Å². The molecule has 4 heteroatoms. The van der Waals surface area contributed by atoms with Crippen LogP contribution in [0.15, 0.2) is 18.3 Å². The Kier molecular flexibility index (Phi) is 5.33. The Morgan fingerprint density at radius 1 is 1.35 bits per heavy atom. The SMILES string of the molecule is CCCCC(=O)CC(=O)c1ccc(OC)cn1. The molecule has 92 valence electrons. The van der Waals surface area contributed by atoms with Crippen LogP contribution < -0.4 is 4.74 Å². The molecule has 1 aromatic rings. The molecule has 0 atom stereocenters. The van der Waals surface area contributed by atoms with Crippen molar-refractivity contribution in [2.45, 2.75) is 32.6 Å². The van der Waals surface area contributed by atoms with E-state index >= 15 is 0 Å². The van der Waals surface area contributed by atoms with Crippen LogP contribution in [0.2, 0.25) is 0 Å². The molecule has 0 saturated heterocycles. The van der Waals surface area contributed by atoms with E-state index in [0.29, 0.717) is 17.9 Å². The summed E-state index contributed by atoms with van der Waals surface area (Å²) in [5, 5.41) is 0. The van der Waals surface area contributed by atoms with E-state index in [4.69, 9.17) is 4.74 Å². The van der Waals surface area contributed by atoms with Gasteiger partial charge in [-0.1, -0.05) is 13.3 Å². The second-order valence-corrected chi connectivity index (χ2v) is 3.83. The fraction of sp³-hybridized carbons (Fsp3) is 0.462. The maximum atomic E-state index is 11.7. The largest absolute Gasteiger partial charge is 0.495 e. The number of Topliss-reactive ketones (excluding diaryl/α,β-unsaturated/α-hetero) is 2. The smallest absolute Gasteiger partial charge is 0.188 e. The van der Waals surface area contributed by atoms with E-state index in [-0.39, 0.29) is 18.0 Å². The van der Waals surface area contributed by atoms with Gasteiger partial charge in [0.15, 0.2) is 5.78 Å². The van der Waals surface area contributed by atoms with Gasteiger partial charge in [-0.15, -0.1) is 0 Å². The Morgan fingerprint density at radius 2 is 2.12 bits per heavy atom. The lowest BCUT2D eigenvalue weighted by Gasteiger charge is -2.01. The molecule has 1 aromatic heterocycles. The molecule has 0 aromatic carbocycles. The standard InChI is InChI=1S/C13H17NO3/c1-3-4-5-10(15)8-13(16)12-7-6-11(17-2)9-14-12/h6-7,9H,3-5,8H2,1-2H3. The number of carbonyl (C=O) groups is 2. The lowest BCUT2D eigenvalue weighted by Crippen LogP contribution is -2.09. The Hall–Kier alpha value is -1.71. The van der Waals surface area contributed by atoms with E-state index in [1.54, 1.807) is 12.1 Å². The number of ketones is 2. The number of unbranched alkanes of at least 4 members (excludes halogenated alkanes) is 1. The van der Waals surface area contributed by atoms with E-state index < -0.39 is 0 Å². The van der Waals surface area contributed by atoms with Gasteiger partial charge in [0.25, 0.3) is 0 Å². The fourth-order valence-electron chi connectivity index (χ4n) is 1.40. The molecular weight excluding hydrogens is 218 g/mol. The number of hydrogen-bond donors (Lipinski definition) is 0. The molecule has 17 heavy (non-hydrogen) atoms. The van der Waals surface area contributed by atoms with Gasteiger partial charge in [0.2, 0.25) is 0 Å². The lowest BCUT2D eigenvalue weighted by molar-refractivity contribution is -0.118. The zero-order valence-corrected chi connectivity index (χ0v) is 10.2. The van der Waals surface area contributed by atoms with Crippen LogP contribution in [-0.4, -0.2) is 23.7 Å². The van der Waals surface area contributed by atoms with Crippen molar-refractivity contribution in [1.82, 2.24) is 4.98 Å². The number of pyridine rings is 1. The van der Waals surface area contributed by atoms with Gasteiger partial charge < -0.3 is 4.74 Å². The van der Waals surface area contributed by atoms with Gasteiger partial charge in [-0.3, -0.25) is 9.59 Å². The van der Waals surface area contributed by atoms with Gasteiger partial charge in [0.1, 0.15) is 17.2 Å². The topological polar surface area (TPSA) is 56.3 Å². The first kappa shape index (κ1) is 13.4. The maximum absolute atomic E-state index is 11.7. The van der Waals surface area contributed by atoms with Crippen molar-refractivity contribution in [3.63, 3.8) is 0 Å². The van der Waals surface area contributed by atoms with E-state index in [1.807, 2.05) is 6.92 Å². The van der Waals surface area contributed by atoms with Crippen molar-refractivity contribution < 1.29 is 14.3 Å². The van der Waals surface area contributed by atoms with Crippen molar-refractivity contribution in [2.75, 3.05) is 7.11 Å². The van der Waals surface area contributed by atoms with Crippen molar-refractivity contribution in [1.29, 1.82) is 0 Å². The van der Waals surface area contributed by atoms with Crippen molar-refractivity contribution in [3.05, 3.63) is 24.0 Å². The zero-order valence-electron chi connectivity index (χ0n) is 10.2. The van der Waals surface area contributed by atoms with E-state index in [1.165, 1.54) is 13.3 Å². The number of carbonyl (C=O) groups excluding carboxylic acids is 2. The van der Waals surface area contributed by atoms with Crippen molar-refractivity contribution >= 4 is 11.6 Å². The minimum atomic E-state index is -0.228. The molecule has 0 radical (unpaired) electrons. The molecule has 0 aliphatic carbocycles. The highest BCUT2D eigenvalue weighted by Gasteiger charge is 2.12. The molecule has 0 bridgehead atoms. The van der Waals surface area contributed by atoms with Crippen LogP contribution in [0.4, 0.5) is 0 Å². The van der Waals surface area contributed by atoms with Gasteiger partial charge in [-0.05, 0) is 18.6 Å². The Labute approximate surface area is 101 Å². The highest BCUT2D eigenvalue weighted by atomic mass is 16.5. The fourth-order valence-corrected chi connectivity index (χ4v) is 1.40. The molecule has 4 nitrogen and oxygen atoms in total. The summed E-state index contributed by atoms with van der Waals surface area (Å²) in [4.78, 5) is 27.1. The van der Waals surface area contributed by atoms with Gasteiger partial charge in [0, 0.05) is 6.42 Å². The lowest BCUT2D eigenvalue weighted by atomic mass is 10.1. The second-order valence-electron chi connectivity index (χ2n) is 3.83. The van der Waals surface area contributed by atoms with Crippen molar-refractivity contribution in [2.24, 2.45) is 0 Å². The summed E-state index contributed by atoms with van der Waals surface area (Å²) >= 11 is 0. The first-order valence-corrected chi connectivity index (χ1v) is 5.72. The normalized spacial score (nSPS) is 10.0. The predicted octanol–water partition coefficient (Wildman–Crippen LogP) is 2.42. The monoisotopic (exact) mass is 235 g/mol. The van der Waals surface area contributed by atoms with Gasteiger partial charge in [-0.25, -0.2) is 4.98 Å². The van der Waals surface area contributed by atoms with Crippen LogP contribution in [0.1, 0.15) is 43.1 Å². The summed E-state index contributed by atoms with van der Waals surface area (Å²) in [6.45, 7) is 2.01. The third-order valence-electron chi connectivity index (χ3n) is 2.42. The molecular formula is C13H17NO3. The molecule has 0 aliphatic heterocycles. The highest BCUT2D eigenvalue weighted by Crippen LogP contribution is 2.10. The van der Waals surface area contributed by atoms with E-state index in [2.05, 4.69) is 4.98 Å². The predicted molar refractivity (Wildman–Crippen MR) is 64.3 cm³/mol. The van der Waals surface area contributed by atoms with Gasteiger partial charge >= 0.3 is 0 Å². The summed E-state index contributed by atoms with van der Waals surface area (Å²) in [7, 11) is 1.53. The van der Waals surface area contributed by atoms with Gasteiger partial charge in [0.05, 0.1) is 19.7 Å². The molecule has 0 N–H and O–H groups in total. The number of rotatable bonds is 7. The number of aromatic nitrogens is 1. The summed E-state index contributed by atoms with van der Waals surface area (Å²) < 4.78 is 4.94. The molecule has 0 fully saturated rings. The molecule has 0 saturated carbocycles. The first-order chi connectivity index (χ1) is 8.17. The van der Waals surface area contributed by atoms with Crippen LogP contribution >= 0.6 is 0 Å². The minimum Gasteiger partial charge on any atom is -0.495 e. The minimum absolute atomic E-state index is 0.0190. The first-order valence-electron chi connectivity index (χ1n) is 5.72. The number of methoxy groups -OCH3 is 1. The van der Waals surface area contributed by atoms with E-state index in [9.17, 15) is 9.59 Å². The summed E-state index contributed by atoms with van der Waals surface area (Å²) in [6, 6.07) is 3.24. The van der Waals surface area contributed by atoms with Crippen LogP contribution in [0.5, 0.6) is 5.75 Å². The molecule has 1 rings (SSSR count). The third-order valence-corrected chi connectivity index (χ3v) is 2.42. The number of nitrogens with zero attached hydrogens (tertiary/aromatic N) is 1. The average molecular weight is 235 g/mol.